The molecular formula is C15H24N2O2. The van der Waals surface area contributed by atoms with Crippen molar-refractivity contribution in [3.63, 3.8) is 0 Å². The Kier molecular flexibility index (Phi) is 4.46. The van der Waals surface area contributed by atoms with Crippen LogP contribution in [0, 0.1) is 22.7 Å². The molecule has 1 heterocycles. The average molecular weight is 264 g/mol. The summed E-state index contributed by atoms with van der Waals surface area (Å²) in [6.07, 6.45) is 6.12. The SMILES string of the molecule is CC(O)C1CCN(C(=O)C2(C#N)CCCCCC2)C1. The molecule has 2 rings (SSSR count). The van der Waals surface area contributed by atoms with E-state index in [0.717, 1.165) is 32.1 Å². The number of rotatable bonds is 2. The van der Waals surface area contributed by atoms with Gasteiger partial charge in [-0.3, -0.25) is 4.79 Å². The van der Waals surface area contributed by atoms with Crippen LogP contribution in [0.3, 0.4) is 0 Å². The molecule has 0 aromatic rings. The van der Waals surface area contributed by atoms with Crippen LogP contribution in [0.1, 0.15) is 51.9 Å². The van der Waals surface area contributed by atoms with Gasteiger partial charge >= 0.3 is 0 Å². The number of nitrogens with zero attached hydrogens (tertiary/aromatic N) is 2. The number of carbonyl (C=O) groups is 1. The minimum absolute atomic E-state index is 0.0139. The number of nitriles is 1. The zero-order valence-corrected chi connectivity index (χ0v) is 11.8. The van der Waals surface area contributed by atoms with Crippen molar-refractivity contribution in [1.82, 2.24) is 4.90 Å². The number of likely N-dealkylation sites (tertiary alicyclic amines) is 1. The van der Waals surface area contributed by atoms with Crippen LogP contribution in [-0.2, 0) is 4.79 Å². The van der Waals surface area contributed by atoms with E-state index in [0.29, 0.717) is 25.9 Å². The molecule has 4 heteroatoms. The van der Waals surface area contributed by atoms with E-state index in [9.17, 15) is 15.2 Å². The summed E-state index contributed by atoms with van der Waals surface area (Å²) in [5, 5.41) is 19.2. The fraction of sp³-hybridized carbons (Fsp3) is 0.867. The van der Waals surface area contributed by atoms with Crippen molar-refractivity contribution in [1.29, 1.82) is 5.26 Å². The predicted molar refractivity (Wildman–Crippen MR) is 72.1 cm³/mol. The van der Waals surface area contributed by atoms with Crippen LogP contribution in [-0.4, -0.2) is 35.1 Å². The minimum atomic E-state index is -0.788. The topological polar surface area (TPSA) is 64.3 Å². The van der Waals surface area contributed by atoms with Gasteiger partial charge in [-0.05, 0) is 26.2 Å². The van der Waals surface area contributed by atoms with Gasteiger partial charge in [-0.25, -0.2) is 0 Å². The second-order valence-corrected chi connectivity index (χ2v) is 6.15. The second-order valence-electron chi connectivity index (χ2n) is 6.15. The van der Waals surface area contributed by atoms with Gasteiger partial charge in [0, 0.05) is 19.0 Å². The molecule has 1 saturated heterocycles. The van der Waals surface area contributed by atoms with E-state index >= 15 is 0 Å². The Morgan fingerprint density at radius 2 is 2.00 bits per heavy atom. The molecule has 4 nitrogen and oxygen atoms in total. The largest absolute Gasteiger partial charge is 0.393 e. The van der Waals surface area contributed by atoms with Gasteiger partial charge in [-0.2, -0.15) is 5.26 Å². The summed E-state index contributed by atoms with van der Waals surface area (Å²) < 4.78 is 0. The highest BCUT2D eigenvalue weighted by Crippen LogP contribution is 2.37. The zero-order chi connectivity index (χ0) is 13.9. The molecule has 1 N–H and O–H groups in total. The summed E-state index contributed by atoms with van der Waals surface area (Å²) >= 11 is 0. The van der Waals surface area contributed by atoms with Gasteiger partial charge in [0.25, 0.3) is 0 Å². The summed E-state index contributed by atoms with van der Waals surface area (Å²) in [6.45, 7) is 3.09. The highest BCUT2D eigenvalue weighted by Gasteiger charge is 2.43. The molecule has 106 valence electrons. The van der Waals surface area contributed by atoms with E-state index in [-0.39, 0.29) is 17.9 Å². The number of amides is 1. The fourth-order valence-electron chi connectivity index (χ4n) is 3.37. The van der Waals surface area contributed by atoms with Gasteiger partial charge in [0.1, 0.15) is 5.41 Å². The first-order valence-corrected chi connectivity index (χ1v) is 7.48. The summed E-state index contributed by atoms with van der Waals surface area (Å²) in [6, 6.07) is 2.32. The van der Waals surface area contributed by atoms with E-state index in [1.54, 1.807) is 6.92 Å². The Morgan fingerprint density at radius 1 is 1.37 bits per heavy atom. The van der Waals surface area contributed by atoms with Crippen molar-refractivity contribution in [3.05, 3.63) is 0 Å². The van der Waals surface area contributed by atoms with Crippen LogP contribution >= 0.6 is 0 Å². The molecule has 1 aliphatic heterocycles. The quantitative estimate of drug-likeness (QED) is 0.777. The molecule has 1 amide bonds. The third-order valence-electron chi connectivity index (χ3n) is 4.77. The Hall–Kier alpha value is -1.08. The average Bonchev–Trinajstić information content (AvgIpc) is 2.77. The van der Waals surface area contributed by atoms with E-state index in [1.807, 2.05) is 4.90 Å². The lowest BCUT2D eigenvalue weighted by Gasteiger charge is -2.29. The Morgan fingerprint density at radius 3 is 2.47 bits per heavy atom. The van der Waals surface area contributed by atoms with Gasteiger partial charge in [-0.1, -0.05) is 25.7 Å². The molecule has 1 saturated carbocycles. The standard InChI is InChI=1S/C15H24N2O2/c1-12(18)13-6-9-17(10-13)14(19)15(11-16)7-4-2-3-5-8-15/h12-13,18H,2-10H2,1H3. The van der Waals surface area contributed by atoms with Crippen molar-refractivity contribution < 1.29 is 9.90 Å². The Labute approximate surface area is 115 Å². The highest BCUT2D eigenvalue weighted by molar-refractivity contribution is 5.85. The maximum absolute atomic E-state index is 12.7. The molecule has 0 aromatic heterocycles. The number of hydrogen-bond donors (Lipinski definition) is 1. The van der Waals surface area contributed by atoms with Crippen LogP contribution in [0.5, 0.6) is 0 Å². The fourth-order valence-corrected chi connectivity index (χ4v) is 3.37. The number of carbonyl (C=O) groups excluding carboxylic acids is 1. The number of aliphatic hydroxyl groups is 1. The first kappa shape index (κ1) is 14.3. The molecule has 2 atom stereocenters. The first-order chi connectivity index (χ1) is 9.09. The zero-order valence-electron chi connectivity index (χ0n) is 11.8. The lowest BCUT2D eigenvalue weighted by Crippen LogP contribution is -2.42. The van der Waals surface area contributed by atoms with Gasteiger partial charge in [0.05, 0.1) is 12.2 Å². The Bertz CT molecular complexity index is 365. The molecule has 0 spiro atoms. The van der Waals surface area contributed by atoms with Gasteiger partial charge in [0.15, 0.2) is 0 Å². The molecule has 2 unspecified atom stereocenters. The van der Waals surface area contributed by atoms with Crippen molar-refractivity contribution in [2.45, 2.75) is 58.0 Å². The van der Waals surface area contributed by atoms with E-state index in [2.05, 4.69) is 6.07 Å². The molecule has 2 fully saturated rings. The van der Waals surface area contributed by atoms with Gasteiger partial charge in [0.2, 0.25) is 5.91 Å². The summed E-state index contributed by atoms with van der Waals surface area (Å²) in [7, 11) is 0. The molecule has 0 radical (unpaired) electrons. The number of aliphatic hydroxyl groups excluding tert-OH is 1. The van der Waals surface area contributed by atoms with Gasteiger partial charge in [-0.15, -0.1) is 0 Å². The molecule has 1 aliphatic carbocycles. The van der Waals surface area contributed by atoms with Crippen molar-refractivity contribution >= 4 is 5.91 Å². The lowest BCUT2D eigenvalue weighted by molar-refractivity contribution is -0.138. The molecule has 19 heavy (non-hydrogen) atoms. The minimum Gasteiger partial charge on any atom is -0.393 e. The van der Waals surface area contributed by atoms with Crippen LogP contribution in [0.15, 0.2) is 0 Å². The monoisotopic (exact) mass is 264 g/mol. The van der Waals surface area contributed by atoms with Crippen LogP contribution < -0.4 is 0 Å². The van der Waals surface area contributed by atoms with Crippen LogP contribution in [0.4, 0.5) is 0 Å². The van der Waals surface area contributed by atoms with Crippen molar-refractivity contribution in [3.8, 4) is 6.07 Å². The van der Waals surface area contributed by atoms with E-state index in [4.69, 9.17) is 0 Å². The maximum Gasteiger partial charge on any atom is 0.243 e. The van der Waals surface area contributed by atoms with Crippen LogP contribution in [0.2, 0.25) is 0 Å². The molecule has 0 aromatic carbocycles. The predicted octanol–water partition coefficient (Wildman–Crippen LogP) is 2.08. The highest BCUT2D eigenvalue weighted by atomic mass is 16.3. The number of hydrogen-bond acceptors (Lipinski definition) is 3. The van der Waals surface area contributed by atoms with Gasteiger partial charge < -0.3 is 10.0 Å². The molecule has 2 aliphatic rings. The molecular weight excluding hydrogens is 240 g/mol. The second kappa shape index (κ2) is 5.92. The maximum atomic E-state index is 12.7. The Balaban J connectivity index is 2.07. The van der Waals surface area contributed by atoms with Crippen molar-refractivity contribution in [2.75, 3.05) is 13.1 Å². The van der Waals surface area contributed by atoms with Crippen molar-refractivity contribution in [2.24, 2.45) is 11.3 Å². The smallest absolute Gasteiger partial charge is 0.243 e. The molecule has 0 bridgehead atoms. The lowest BCUT2D eigenvalue weighted by atomic mass is 9.80. The first-order valence-electron chi connectivity index (χ1n) is 7.48. The third kappa shape index (κ3) is 2.92. The third-order valence-corrected chi connectivity index (χ3v) is 4.77. The summed E-state index contributed by atoms with van der Waals surface area (Å²) in [5.41, 5.74) is -0.788. The van der Waals surface area contributed by atoms with E-state index in [1.165, 1.54) is 0 Å². The van der Waals surface area contributed by atoms with E-state index < -0.39 is 5.41 Å². The summed E-state index contributed by atoms with van der Waals surface area (Å²) in [4.78, 5) is 14.5. The normalized spacial score (nSPS) is 28.5. The summed E-state index contributed by atoms with van der Waals surface area (Å²) in [5.74, 6) is 0.186. The van der Waals surface area contributed by atoms with Crippen LogP contribution in [0.25, 0.3) is 0 Å².